The van der Waals surface area contributed by atoms with Gasteiger partial charge in [-0.15, -0.1) is 16.7 Å². The van der Waals surface area contributed by atoms with E-state index in [1.165, 1.54) is 94.5 Å². The Balaban J connectivity index is -0.000000684. The molecule has 1 radical (unpaired) electrons. The van der Waals surface area contributed by atoms with E-state index in [0.29, 0.717) is 34.4 Å². The van der Waals surface area contributed by atoms with Crippen LogP contribution >= 0.6 is 0 Å². The molecular formula is C45H73MgN6YZn-. The fourth-order valence-corrected chi connectivity index (χ4v) is 7.50. The van der Waals surface area contributed by atoms with Gasteiger partial charge in [-0.2, -0.15) is 36.4 Å². The van der Waals surface area contributed by atoms with E-state index < -0.39 is 0 Å². The van der Waals surface area contributed by atoms with Gasteiger partial charge in [-0.3, -0.25) is 0 Å². The van der Waals surface area contributed by atoms with Gasteiger partial charge in [-0.25, -0.2) is 0 Å². The van der Waals surface area contributed by atoms with E-state index in [4.69, 9.17) is 0 Å². The number of hydrogen-bond donors (Lipinski definition) is 0. The number of rotatable bonds is 6. The summed E-state index contributed by atoms with van der Waals surface area (Å²) in [6.45, 7) is 28.0. The Labute approximate surface area is 388 Å². The molecule has 3 aliphatic heterocycles. The van der Waals surface area contributed by atoms with Crippen LogP contribution in [0.4, 0.5) is 0 Å². The van der Waals surface area contributed by atoms with Crippen LogP contribution in [0.15, 0.2) is 55.0 Å². The van der Waals surface area contributed by atoms with Gasteiger partial charge in [0.25, 0.3) is 0 Å². The number of likely N-dealkylation sites (tertiary alicyclic amines) is 3. The second kappa shape index (κ2) is 27.5. The monoisotopic (exact) mass is 874 g/mol. The van der Waals surface area contributed by atoms with Gasteiger partial charge < -0.3 is 44.5 Å². The van der Waals surface area contributed by atoms with Gasteiger partial charge in [0.15, 0.2) is 0 Å². The molecule has 3 saturated heterocycles. The van der Waals surface area contributed by atoms with Crippen molar-refractivity contribution in [1.82, 2.24) is 29.7 Å². The number of pyridine rings is 3. The van der Waals surface area contributed by atoms with E-state index in [-0.39, 0.29) is 97.5 Å². The topological polar surface area (TPSA) is 48.4 Å². The van der Waals surface area contributed by atoms with Gasteiger partial charge in [0, 0.05) is 50.8 Å². The molecule has 54 heavy (non-hydrogen) atoms. The van der Waals surface area contributed by atoms with Crippen LogP contribution in [0.5, 0.6) is 0 Å². The van der Waals surface area contributed by atoms with Gasteiger partial charge >= 0.3 is 42.5 Å². The minimum Gasteiger partial charge on any atom is -0.394 e. The molecule has 6 rings (SSSR count). The first-order chi connectivity index (χ1) is 22.9. The van der Waals surface area contributed by atoms with Crippen molar-refractivity contribution >= 4 is 23.1 Å². The molecule has 0 aromatic carbocycles. The fourth-order valence-electron chi connectivity index (χ4n) is 7.50. The maximum absolute atomic E-state index is 4.12. The van der Waals surface area contributed by atoms with Gasteiger partial charge in [0.1, 0.15) is 0 Å². The summed E-state index contributed by atoms with van der Waals surface area (Å²) in [4.78, 5) is 20.0. The average molecular weight is 877 g/mol. The summed E-state index contributed by atoms with van der Waals surface area (Å²) in [7, 11) is 0. The Morgan fingerprint density at radius 3 is 0.852 bits per heavy atom. The summed E-state index contributed by atoms with van der Waals surface area (Å²) in [5, 5.41) is 0. The third-order valence-corrected chi connectivity index (χ3v) is 11.8. The van der Waals surface area contributed by atoms with Crippen molar-refractivity contribution in [3.05, 3.63) is 105 Å². The van der Waals surface area contributed by atoms with Crippen LogP contribution in [0.25, 0.3) is 0 Å². The molecule has 9 heteroatoms. The van der Waals surface area contributed by atoms with Gasteiger partial charge in [-0.05, 0) is 136 Å². The molecule has 0 unspecified atom stereocenters. The molecule has 3 aromatic rings. The zero-order chi connectivity index (χ0) is 34.8. The third kappa shape index (κ3) is 16.6. The summed E-state index contributed by atoms with van der Waals surface area (Å²) in [6, 6.07) is 14.3. The quantitative estimate of drug-likeness (QED) is 0.182. The summed E-state index contributed by atoms with van der Waals surface area (Å²) >= 11 is 0. The summed E-state index contributed by atoms with van der Waals surface area (Å²) in [5.74, 6) is 0. The molecule has 0 amide bonds. The van der Waals surface area contributed by atoms with Crippen molar-refractivity contribution in [2.24, 2.45) is 0 Å². The molecule has 3 aromatic heterocycles. The van der Waals surface area contributed by atoms with Crippen molar-refractivity contribution in [2.75, 3.05) is 39.3 Å². The Morgan fingerprint density at radius 2 is 0.704 bits per heavy atom. The van der Waals surface area contributed by atoms with Crippen LogP contribution in [0, 0.1) is 33.4 Å². The number of aromatic nitrogens is 3. The Bertz CT molecular complexity index is 1160. The fraction of sp³-hybridized carbons (Fsp3) is 0.622. The predicted octanol–water partition coefficient (Wildman–Crippen LogP) is 9.08. The van der Waals surface area contributed by atoms with E-state index in [9.17, 15) is 0 Å². The van der Waals surface area contributed by atoms with Crippen LogP contribution in [-0.4, -0.2) is 110 Å². The maximum atomic E-state index is 4.12. The standard InChI is InChI=1S/3C14H21N2.CH4.2CH3.Mg.Y.Zn/c3*1-12(2)16-9-6-14(3,7-10-16)13-5-4-8-15-11-13;;;;;;/h3*4-5,11-12H,6-7,9-10H2,1-3H3;1H4;2*1H3;;;/q3*-1;;2*-1;+2;;+2. The van der Waals surface area contributed by atoms with Gasteiger partial charge in [0.05, 0.1) is 0 Å². The van der Waals surface area contributed by atoms with Crippen molar-refractivity contribution in [3.8, 4) is 0 Å². The normalized spacial score (nSPS) is 18.9. The van der Waals surface area contributed by atoms with Crippen molar-refractivity contribution < 1.29 is 52.2 Å². The van der Waals surface area contributed by atoms with Crippen molar-refractivity contribution in [2.45, 2.75) is 143 Å². The largest absolute Gasteiger partial charge is 2.00 e. The zero-order valence-corrected chi connectivity index (χ0v) is 42.8. The summed E-state index contributed by atoms with van der Waals surface area (Å²) < 4.78 is 0. The SMILES string of the molecule is C.CC(C)N1CCC(C)(c2cc[c-]nc2)CC1.CC(C)N1CCC(C)(c2cc[c-]nc2)CC1.CC(C)N1CCC(C)(c2cc[c-]nc2)CC1.[CH3-].[CH3-].[Mg+2].[Y].[Zn+2]. The molecule has 3 fully saturated rings. The van der Waals surface area contributed by atoms with E-state index >= 15 is 0 Å². The van der Waals surface area contributed by atoms with E-state index in [1.54, 1.807) is 0 Å². The van der Waals surface area contributed by atoms with Crippen LogP contribution in [0.2, 0.25) is 0 Å². The molecule has 0 atom stereocenters. The minimum absolute atomic E-state index is 0. The zero-order valence-electron chi connectivity index (χ0n) is 35.6. The van der Waals surface area contributed by atoms with Crippen LogP contribution in [-0.2, 0) is 68.4 Å². The van der Waals surface area contributed by atoms with Crippen LogP contribution in [0.1, 0.15) is 125 Å². The van der Waals surface area contributed by atoms with Gasteiger partial charge in [0.2, 0.25) is 0 Å². The number of nitrogens with zero attached hydrogens (tertiary/aromatic N) is 6. The maximum Gasteiger partial charge on any atom is 2.00 e. The molecule has 291 valence electrons. The second-order valence-electron chi connectivity index (χ2n) is 16.1. The molecule has 0 spiro atoms. The molecule has 3 aliphatic rings. The number of piperidine rings is 3. The minimum atomic E-state index is 0. The predicted molar refractivity (Wildman–Crippen MR) is 224 cm³/mol. The molecule has 0 saturated carbocycles. The third-order valence-electron chi connectivity index (χ3n) is 11.8. The molecule has 6 heterocycles. The van der Waals surface area contributed by atoms with Gasteiger partial charge in [-0.1, -0.05) is 65.4 Å². The Morgan fingerprint density at radius 1 is 0.500 bits per heavy atom. The molecule has 0 bridgehead atoms. The molecule has 0 aliphatic carbocycles. The van der Waals surface area contributed by atoms with E-state index in [2.05, 4.69) is 129 Å². The first-order valence-corrected chi connectivity index (χ1v) is 18.6. The Hall–Kier alpha value is -0.176. The second-order valence-corrected chi connectivity index (χ2v) is 16.1. The van der Waals surface area contributed by atoms with Crippen molar-refractivity contribution in [3.63, 3.8) is 0 Å². The molecule has 0 N–H and O–H groups in total. The van der Waals surface area contributed by atoms with Crippen molar-refractivity contribution in [1.29, 1.82) is 0 Å². The smallest absolute Gasteiger partial charge is 0.394 e. The summed E-state index contributed by atoms with van der Waals surface area (Å²) in [5.41, 5.74) is 5.05. The van der Waals surface area contributed by atoms with E-state index in [1.807, 2.05) is 36.8 Å². The van der Waals surface area contributed by atoms with Crippen LogP contribution in [0.3, 0.4) is 0 Å². The van der Waals surface area contributed by atoms with E-state index in [0.717, 1.165) is 0 Å². The molecular weight excluding hydrogens is 803 g/mol. The average Bonchev–Trinajstić information content (AvgIpc) is 3.11. The first kappa shape index (κ1) is 58.1. The Kier molecular flexibility index (Phi) is 29.6. The summed E-state index contributed by atoms with van der Waals surface area (Å²) in [6.07, 6.45) is 21.9. The number of hydrogen-bond acceptors (Lipinski definition) is 6. The van der Waals surface area contributed by atoms with Crippen LogP contribution < -0.4 is 0 Å². The first-order valence-electron chi connectivity index (χ1n) is 18.6. The molecule has 6 nitrogen and oxygen atoms in total.